The Morgan fingerprint density at radius 2 is 2.09 bits per heavy atom. The van der Waals surface area contributed by atoms with Gasteiger partial charge in [0.2, 0.25) is 0 Å². The molecule has 1 aromatic rings. The number of rotatable bonds is 0. The van der Waals surface area contributed by atoms with Crippen LogP contribution in [-0.2, 0) is 0 Å². The predicted octanol–water partition coefficient (Wildman–Crippen LogP) is 1.93. The van der Waals surface area contributed by atoms with Crippen molar-refractivity contribution < 1.29 is 0 Å². The van der Waals surface area contributed by atoms with Gasteiger partial charge in [0.05, 0.1) is 11.9 Å². The van der Waals surface area contributed by atoms with Crippen molar-refractivity contribution in [1.82, 2.24) is 0 Å². The molecular weight excluding hydrogens is 136 g/mol. The van der Waals surface area contributed by atoms with Gasteiger partial charge in [0.1, 0.15) is 0 Å². The number of nitrogens with zero attached hydrogens (tertiary/aromatic N) is 2. The molecule has 0 atom stereocenters. The smallest absolute Gasteiger partial charge is 0.0882 e. The van der Waals surface area contributed by atoms with E-state index in [-0.39, 0.29) is 0 Å². The highest BCUT2D eigenvalue weighted by Gasteiger charge is 1.95. The quantitative estimate of drug-likeness (QED) is 0.528. The maximum Gasteiger partial charge on any atom is 0.0882 e. The van der Waals surface area contributed by atoms with E-state index in [1.807, 2.05) is 24.3 Å². The molecule has 52 valence electrons. The van der Waals surface area contributed by atoms with Crippen molar-refractivity contribution in [3.05, 3.63) is 36.0 Å². The summed E-state index contributed by atoms with van der Waals surface area (Å²) < 4.78 is 0. The number of benzene rings is 1. The van der Waals surface area contributed by atoms with Crippen molar-refractivity contribution in [3.8, 4) is 0 Å². The first-order chi connectivity index (χ1) is 5.47. The van der Waals surface area contributed by atoms with Gasteiger partial charge < -0.3 is 0 Å². The highest BCUT2D eigenvalue weighted by molar-refractivity contribution is 5.89. The highest BCUT2D eigenvalue weighted by atomic mass is 14.8. The van der Waals surface area contributed by atoms with Crippen LogP contribution in [0.4, 0.5) is 5.69 Å². The number of aliphatic imine (C=N–C) groups is 2. The molecule has 2 nitrogen and oxygen atoms in total. The van der Waals surface area contributed by atoms with Crippen molar-refractivity contribution in [2.75, 3.05) is 0 Å². The van der Waals surface area contributed by atoms with Gasteiger partial charge in [-0.3, -0.25) is 4.99 Å². The van der Waals surface area contributed by atoms with Gasteiger partial charge in [0.15, 0.2) is 0 Å². The van der Waals surface area contributed by atoms with E-state index >= 15 is 0 Å². The highest BCUT2D eigenvalue weighted by Crippen LogP contribution is 2.16. The third kappa shape index (κ3) is 1.11. The lowest BCUT2D eigenvalue weighted by molar-refractivity contribution is 1.53. The first kappa shape index (κ1) is 6.08. The van der Waals surface area contributed by atoms with Gasteiger partial charge in [-0.1, -0.05) is 18.2 Å². The number of hydrogen-bond donors (Lipinski definition) is 0. The van der Waals surface area contributed by atoms with E-state index in [1.165, 1.54) is 0 Å². The minimum absolute atomic E-state index is 0.921. The Morgan fingerprint density at radius 1 is 1.18 bits per heavy atom. The molecule has 2 rings (SSSR count). The summed E-state index contributed by atoms with van der Waals surface area (Å²) in [6.45, 7) is 0. The van der Waals surface area contributed by atoms with Gasteiger partial charge in [-0.05, 0) is 6.07 Å². The molecule has 0 N–H and O–H groups in total. The summed E-state index contributed by atoms with van der Waals surface area (Å²) in [6.07, 6.45) is 3.33. The van der Waals surface area contributed by atoms with Crippen LogP contribution in [0.2, 0.25) is 0 Å². The van der Waals surface area contributed by atoms with E-state index in [4.69, 9.17) is 0 Å². The Bertz CT molecular complexity index is 358. The molecular formula is C9H6N2. The van der Waals surface area contributed by atoms with Crippen LogP contribution in [0.3, 0.4) is 0 Å². The fourth-order valence-electron chi connectivity index (χ4n) is 0.948. The minimum atomic E-state index is 0.921. The summed E-state index contributed by atoms with van der Waals surface area (Å²) in [5, 5.41) is 0. The van der Waals surface area contributed by atoms with E-state index in [0.29, 0.717) is 0 Å². The third-order valence-corrected chi connectivity index (χ3v) is 1.47. The monoisotopic (exact) mass is 142 g/mol. The van der Waals surface area contributed by atoms with E-state index < -0.39 is 0 Å². The zero-order valence-electron chi connectivity index (χ0n) is 5.86. The molecule has 1 aromatic carbocycles. The molecule has 11 heavy (non-hydrogen) atoms. The minimum Gasteiger partial charge on any atom is -0.254 e. The van der Waals surface area contributed by atoms with Gasteiger partial charge in [0.25, 0.3) is 0 Å². The Balaban J connectivity index is 2.67. The van der Waals surface area contributed by atoms with E-state index in [2.05, 4.69) is 15.9 Å². The van der Waals surface area contributed by atoms with E-state index in [1.54, 1.807) is 12.4 Å². The zero-order valence-corrected chi connectivity index (χ0v) is 5.86. The van der Waals surface area contributed by atoms with Crippen molar-refractivity contribution >= 4 is 17.8 Å². The second-order valence-corrected chi connectivity index (χ2v) is 2.21. The first-order valence-electron chi connectivity index (χ1n) is 3.37. The molecule has 1 heterocycles. The average Bonchev–Trinajstić information content (AvgIpc) is 2.28. The molecule has 0 bridgehead atoms. The topological polar surface area (TPSA) is 24.7 Å². The summed E-state index contributed by atoms with van der Waals surface area (Å²) >= 11 is 0. The molecule has 2 heteroatoms. The molecule has 0 saturated carbocycles. The average molecular weight is 142 g/mol. The normalized spacial score (nSPS) is 12.7. The summed E-state index contributed by atoms with van der Waals surface area (Å²) in [5.41, 5.74) is 1.96. The van der Waals surface area contributed by atoms with Crippen LogP contribution in [0.25, 0.3) is 0 Å². The van der Waals surface area contributed by atoms with Crippen LogP contribution in [0.1, 0.15) is 5.56 Å². The Morgan fingerprint density at radius 3 is 3.09 bits per heavy atom. The lowest BCUT2D eigenvalue weighted by Crippen LogP contribution is -1.78. The Hall–Kier alpha value is -1.66. The third-order valence-electron chi connectivity index (χ3n) is 1.47. The molecule has 0 amide bonds. The predicted molar refractivity (Wildman–Crippen MR) is 45.7 cm³/mol. The second-order valence-electron chi connectivity index (χ2n) is 2.21. The van der Waals surface area contributed by atoms with Crippen molar-refractivity contribution in [2.24, 2.45) is 9.98 Å². The lowest BCUT2D eigenvalue weighted by Gasteiger charge is -1.93. The summed E-state index contributed by atoms with van der Waals surface area (Å²) in [5.74, 6) is 2.71. The van der Waals surface area contributed by atoms with Gasteiger partial charge in [-0.25, -0.2) is 4.99 Å². The molecule has 1 aliphatic rings. The number of fused-ring (bicyclic) bond motifs is 1. The Labute approximate surface area is 64.6 Å². The summed E-state index contributed by atoms with van der Waals surface area (Å²) in [7, 11) is 0. The SMILES string of the molecule is C1=CN=Cc2ccccc2N=1. The first-order valence-corrected chi connectivity index (χ1v) is 3.37. The number of para-hydroxylation sites is 1. The van der Waals surface area contributed by atoms with Gasteiger partial charge in [-0.15, -0.1) is 0 Å². The lowest BCUT2D eigenvalue weighted by atomic mass is 10.2. The van der Waals surface area contributed by atoms with Gasteiger partial charge in [0, 0.05) is 17.6 Å². The van der Waals surface area contributed by atoms with Crippen LogP contribution in [0.15, 0.2) is 40.5 Å². The zero-order chi connectivity index (χ0) is 7.52. The summed E-state index contributed by atoms with van der Waals surface area (Å²) in [4.78, 5) is 8.01. The molecule has 0 spiro atoms. The molecule has 0 aliphatic carbocycles. The van der Waals surface area contributed by atoms with Crippen LogP contribution >= 0.6 is 0 Å². The fourth-order valence-corrected chi connectivity index (χ4v) is 0.948. The van der Waals surface area contributed by atoms with E-state index in [9.17, 15) is 0 Å². The fraction of sp³-hybridized carbons (Fsp3) is 0. The summed E-state index contributed by atoms with van der Waals surface area (Å²) in [6, 6.07) is 7.82. The van der Waals surface area contributed by atoms with Crippen molar-refractivity contribution in [1.29, 1.82) is 0 Å². The number of hydrogen-bond acceptors (Lipinski definition) is 2. The molecule has 0 radical (unpaired) electrons. The standard InChI is InChI=1S/C9H6N2/c1-2-4-9-8(3-1)7-10-5-6-11-9/h1-5,7H. The van der Waals surface area contributed by atoms with Crippen LogP contribution in [0, 0.1) is 0 Å². The van der Waals surface area contributed by atoms with Gasteiger partial charge >= 0.3 is 0 Å². The largest absolute Gasteiger partial charge is 0.254 e. The van der Waals surface area contributed by atoms with E-state index in [0.717, 1.165) is 11.3 Å². The van der Waals surface area contributed by atoms with Crippen molar-refractivity contribution in [3.63, 3.8) is 0 Å². The molecule has 0 saturated heterocycles. The molecule has 0 unspecified atom stereocenters. The Kier molecular flexibility index (Phi) is 1.39. The van der Waals surface area contributed by atoms with Crippen molar-refractivity contribution in [2.45, 2.75) is 0 Å². The second kappa shape index (κ2) is 2.52. The molecule has 1 aliphatic heterocycles. The maximum absolute atomic E-state index is 4.06. The van der Waals surface area contributed by atoms with Gasteiger partial charge in [-0.2, -0.15) is 0 Å². The molecule has 0 aromatic heterocycles. The van der Waals surface area contributed by atoms with Crippen LogP contribution in [0.5, 0.6) is 0 Å². The molecule has 0 fully saturated rings. The maximum atomic E-state index is 4.06. The van der Waals surface area contributed by atoms with Crippen LogP contribution < -0.4 is 0 Å². The van der Waals surface area contributed by atoms with Crippen LogP contribution in [-0.4, -0.2) is 12.1 Å².